The van der Waals surface area contributed by atoms with E-state index in [1.165, 1.54) is 0 Å². The number of nitrogens with one attached hydrogen (secondary N) is 1. The quantitative estimate of drug-likeness (QED) is 0.460. The van der Waals surface area contributed by atoms with Gasteiger partial charge in [-0.2, -0.15) is 5.10 Å². The second-order valence-corrected chi connectivity index (χ2v) is 8.65. The molecule has 0 aliphatic carbocycles. The van der Waals surface area contributed by atoms with E-state index >= 15 is 0 Å². The number of hydrogen-bond donors (Lipinski definition) is 2. The molecule has 0 unspecified atom stereocenters. The summed E-state index contributed by atoms with van der Waals surface area (Å²) in [6.07, 6.45) is 2.86. The van der Waals surface area contributed by atoms with E-state index in [1.807, 2.05) is 6.92 Å². The van der Waals surface area contributed by atoms with Crippen molar-refractivity contribution in [3.63, 3.8) is 0 Å². The van der Waals surface area contributed by atoms with Gasteiger partial charge in [-0.1, -0.05) is 18.5 Å². The molecule has 184 valence electrons. The van der Waals surface area contributed by atoms with Gasteiger partial charge >= 0.3 is 0 Å². The molecule has 1 aliphatic heterocycles. The molecule has 9 nitrogen and oxygen atoms in total. The number of benzene rings is 2. The first-order valence-corrected chi connectivity index (χ1v) is 11.7. The van der Waals surface area contributed by atoms with E-state index in [0.29, 0.717) is 35.1 Å². The fraction of sp³-hybridized carbons (Fsp3) is 0.320. The first-order valence-electron chi connectivity index (χ1n) is 11.4. The number of nitrogens with zero attached hydrogens (tertiary/aromatic N) is 3. The Kier molecular flexibility index (Phi) is 7.57. The van der Waals surface area contributed by atoms with Crippen molar-refractivity contribution < 1.29 is 24.2 Å². The van der Waals surface area contributed by atoms with Crippen molar-refractivity contribution in [2.24, 2.45) is 7.05 Å². The molecular weight excluding hydrogens is 472 g/mol. The molecule has 0 saturated carbocycles. The van der Waals surface area contributed by atoms with Crippen LogP contribution in [0.2, 0.25) is 5.02 Å². The van der Waals surface area contributed by atoms with Crippen molar-refractivity contribution >= 4 is 29.2 Å². The highest BCUT2D eigenvalue weighted by molar-refractivity contribution is 6.32. The minimum atomic E-state index is -0.438. The highest BCUT2D eigenvalue weighted by Gasteiger charge is 2.22. The number of amides is 2. The minimum absolute atomic E-state index is 0.0665. The van der Waals surface area contributed by atoms with E-state index in [4.69, 9.17) is 21.1 Å². The van der Waals surface area contributed by atoms with Crippen LogP contribution in [0.3, 0.4) is 0 Å². The maximum absolute atomic E-state index is 12.9. The number of hydrogen-bond acceptors (Lipinski definition) is 6. The topological polar surface area (TPSA) is 106 Å². The smallest absolute Gasteiger partial charge is 0.257 e. The first kappa shape index (κ1) is 24.6. The molecule has 2 aromatic carbocycles. The molecule has 10 heteroatoms. The molecule has 1 aliphatic rings. The number of aromatic nitrogens is 2. The van der Waals surface area contributed by atoms with E-state index in [0.717, 1.165) is 19.5 Å². The molecule has 0 radical (unpaired) electrons. The number of halogens is 1. The van der Waals surface area contributed by atoms with Crippen molar-refractivity contribution in [2.45, 2.75) is 25.9 Å². The molecule has 3 aromatic rings. The van der Waals surface area contributed by atoms with Gasteiger partial charge in [-0.05, 0) is 43.2 Å². The largest absolute Gasteiger partial charge is 0.488 e. The van der Waals surface area contributed by atoms with Gasteiger partial charge in [0.1, 0.15) is 23.4 Å². The van der Waals surface area contributed by atoms with Gasteiger partial charge in [0.15, 0.2) is 5.82 Å². The molecule has 1 atom stereocenters. The Balaban J connectivity index is 1.59. The molecule has 4 rings (SSSR count). The fourth-order valence-electron chi connectivity index (χ4n) is 3.49. The molecule has 2 N–H and O–H groups in total. The van der Waals surface area contributed by atoms with Crippen molar-refractivity contribution in [1.29, 1.82) is 0 Å². The van der Waals surface area contributed by atoms with Crippen LogP contribution in [0.25, 0.3) is 0 Å². The Morgan fingerprint density at radius 3 is 2.51 bits per heavy atom. The normalized spacial score (nSPS) is 13.7. The molecule has 2 heterocycles. The van der Waals surface area contributed by atoms with Gasteiger partial charge in [-0.3, -0.25) is 14.3 Å². The molecule has 35 heavy (non-hydrogen) atoms. The second kappa shape index (κ2) is 10.8. The monoisotopic (exact) mass is 498 g/mol. The number of aryl methyl sites for hydroxylation is 1. The average Bonchev–Trinajstić information content (AvgIpc) is 3.21. The minimum Gasteiger partial charge on any atom is -0.488 e. The molecule has 1 saturated heterocycles. The lowest BCUT2D eigenvalue weighted by Crippen LogP contribution is -2.41. The Morgan fingerprint density at radius 2 is 1.91 bits per heavy atom. The lowest BCUT2D eigenvalue weighted by atomic mass is 10.1. The van der Waals surface area contributed by atoms with Crippen LogP contribution in [0.5, 0.6) is 17.2 Å². The predicted octanol–water partition coefficient (Wildman–Crippen LogP) is 4.11. The van der Waals surface area contributed by atoms with Crippen LogP contribution in [0.4, 0.5) is 5.82 Å². The lowest BCUT2D eigenvalue weighted by molar-refractivity contribution is 0.0651. The van der Waals surface area contributed by atoms with Crippen LogP contribution in [-0.4, -0.2) is 57.4 Å². The summed E-state index contributed by atoms with van der Waals surface area (Å²) in [4.78, 5) is 27.1. The van der Waals surface area contributed by atoms with Gasteiger partial charge in [0.25, 0.3) is 11.8 Å². The van der Waals surface area contributed by atoms with Gasteiger partial charge in [0.2, 0.25) is 0 Å². The zero-order valence-corrected chi connectivity index (χ0v) is 20.3. The average molecular weight is 499 g/mol. The fourth-order valence-corrected chi connectivity index (χ4v) is 3.71. The summed E-state index contributed by atoms with van der Waals surface area (Å²) in [7, 11) is 1.75. The second-order valence-electron chi connectivity index (χ2n) is 8.25. The summed E-state index contributed by atoms with van der Waals surface area (Å²) in [5.74, 6) is 0.925. The van der Waals surface area contributed by atoms with Crippen molar-refractivity contribution in [1.82, 2.24) is 14.7 Å². The summed E-state index contributed by atoms with van der Waals surface area (Å²) in [6.45, 7) is 3.21. The number of rotatable bonds is 9. The van der Waals surface area contributed by atoms with Crippen LogP contribution in [0.1, 0.15) is 40.5 Å². The SMILES string of the molecule is CC[C@@H](CO)Oc1cc(Oc2ccc(C(=O)N3CCC3)cc2Cl)cc(C(=O)Nc2ccn(C)n2)c1. The van der Waals surface area contributed by atoms with E-state index in [9.17, 15) is 14.7 Å². The Bertz CT molecular complexity index is 1220. The van der Waals surface area contributed by atoms with Gasteiger partial charge < -0.3 is 24.8 Å². The Morgan fingerprint density at radius 1 is 1.14 bits per heavy atom. The summed E-state index contributed by atoms with van der Waals surface area (Å²) in [6, 6.07) is 11.3. The predicted molar refractivity (Wildman–Crippen MR) is 131 cm³/mol. The lowest BCUT2D eigenvalue weighted by Gasteiger charge is -2.31. The van der Waals surface area contributed by atoms with Crippen LogP contribution in [-0.2, 0) is 7.05 Å². The van der Waals surface area contributed by atoms with Gasteiger partial charge in [-0.25, -0.2) is 0 Å². The third-order valence-electron chi connectivity index (χ3n) is 5.61. The van der Waals surface area contributed by atoms with Crippen LogP contribution < -0.4 is 14.8 Å². The number of carbonyl (C=O) groups excluding carboxylic acids is 2. The number of carbonyl (C=O) groups is 2. The highest BCUT2D eigenvalue weighted by atomic mass is 35.5. The van der Waals surface area contributed by atoms with E-state index < -0.39 is 12.0 Å². The van der Waals surface area contributed by atoms with E-state index in [2.05, 4.69) is 10.4 Å². The summed E-state index contributed by atoms with van der Waals surface area (Å²) in [5, 5.41) is 16.7. The Hall–Kier alpha value is -3.56. The number of aliphatic hydroxyl groups excluding tert-OH is 1. The van der Waals surface area contributed by atoms with Crippen LogP contribution in [0, 0.1) is 0 Å². The van der Waals surface area contributed by atoms with E-state index in [-0.39, 0.29) is 23.1 Å². The van der Waals surface area contributed by atoms with E-state index in [1.54, 1.807) is 65.3 Å². The molecule has 1 fully saturated rings. The number of aliphatic hydroxyl groups is 1. The van der Waals surface area contributed by atoms with Crippen LogP contribution in [0.15, 0.2) is 48.7 Å². The molecule has 2 amide bonds. The molecule has 1 aromatic heterocycles. The molecule has 0 bridgehead atoms. The first-order chi connectivity index (χ1) is 16.9. The summed E-state index contributed by atoms with van der Waals surface area (Å²) < 4.78 is 13.4. The van der Waals surface area contributed by atoms with Crippen LogP contribution >= 0.6 is 11.6 Å². The maximum Gasteiger partial charge on any atom is 0.257 e. The summed E-state index contributed by atoms with van der Waals surface area (Å²) in [5.41, 5.74) is 0.764. The maximum atomic E-state index is 12.9. The number of ether oxygens (including phenoxy) is 2. The number of anilines is 1. The van der Waals surface area contributed by atoms with Crippen molar-refractivity contribution in [3.8, 4) is 17.2 Å². The molecule has 0 spiro atoms. The van der Waals surface area contributed by atoms with Crippen molar-refractivity contribution in [2.75, 3.05) is 25.0 Å². The third-order valence-corrected chi connectivity index (χ3v) is 5.90. The van der Waals surface area contributed by atoms with Gasteiger partial charge in [0.05, 0.1) is 11.6 Å². The van der Waals surface area contributed by atoms with Crippen molar-refractivity contribution in [3.05, 3.63) is 64.8 Å². The zero-order valence-electron chi connectivity index (χ0n) is 19.5. The standard InChI is InChI=1S/C25H27ClN4O5/c1-3-18(15-31)34-19-11-17(24(32)27-23-7-10-29(2)28-23)12-20(14-19)35-22-6-5-16(13-21(22)26)25(33)30-8-4-9-30/h5-7,10-14,18,31H,3-4,8-9,15H2,1-2H3,(H,27,28,32)/t18-/m0/s1. The Labute approximate surface area is 208 Å². The zero-order chi connectivity index (χ0) is 24.9. The van der Waals surface area contributed by atoms with Gasteiger partial charge in [0, 0.05) is 49.6 Å². The highest BCUT2D eigenvalue weighted by Crippen LogP contribution is 2.34. The number of likely N-dealkylation sites (tertiary alicyclic amines) is 1. The summed E-state index contributed by atoms with van der Waals surface area (Å²) >= 11 is 6.42. The third kappa shape index (κ3) is 5.93. The van der Waals surface area contributed by atoms with Gasteiger partial charge in [-0.15, -0.1) is 0 Å². The molecular formula is C25H27ClN4O5.